The van der Waals surface area contributed by atoms with Crippen molar-refractivity contribution in [2.45, 2.75) is 31.2 Å². The van der Waals surface area contributed by atoms with Crippen molar-refractivity contribution >= 4 is 28.3 Å². The Morgan fingerprint density at radius 3 is 2.64 bits per heavy atom. The maximum atomic E-state index is 12.7. The van der Waals surface area contributed by atoms with Crippen molar-refractivity contribution in [2.24, 2.45) is 0 Å². The van der Waals surface area contributed by atoms with Crippen LogP contribution in [0.5, 0.6) is 5.75 Å². The molecular weight excluding hydrogens is 366 g/mol. The molecule has 0 saturated carbocycles. The highest BCUT2D eigenvalue weighted by Crippen LogP contribution is 2.25. The summed E-state index contributed by atoms with van der Waals surface area (Å²) in [5, 5.41) is 3.24. The van der Waals surface area contributed by atoms with Crippen molar-refractivity contribution in [1.29, 1.82) is 0 Å². The monoisotopic (exact) mass is 391 g/mol. The predicted octanol–water partition coefficient (Wildman–Crippen LogP) is 1.24. The molecule has 1 saturated heterocycles. The van der Waals surface area contributed by atoms with E-state index in [0.717, 1.165) is 19.5 Å². The summed E-state index contributed by atoms with van der Waals surface area (Å²) >= 11 is 0. The second kappa shape index (κ2) is 9.38. The first-order valence-electron chi connectivity index (χ1n) is 8.05. The highest BCUT2D eigenvalue weighted by molar-refractivity contribution is 7.89. The molecule has 1 heterocycles. The molecule has 25 heavy (non-hydrogen) atoms. The van der Waals surface area contributed by atoms with Gasteiger partial charge >= 0.3 is 0 Å². The second-order valence-corrected chi connectivity index (χ2v) is 7.72. The van der Waals surface area contributed by atoms with Gasteiger partial charge in [0.25, 0.3) is 5.91 Å². The lowest BCUT2D eigenvalue weighted by atomic mass is 10.2. The standard InChI is InChI=1S/C16H25N3O4S.ClH/c1-12(2)18-24(21,22)15-11-13(5-6-14(15)23-3)16(20)19-9-4-7-17-8-10-19;/h5-6,11-12,17-18H,4,7-10H2,1-3H3;1H. The smallest absolute Gasteiger partial charge is 0.253 e. The number of sulfonamides is 1. The van der Waals surface area contributed by atoms with E-state index < -0.39 is 10.0 Å². The Hall–Kier alpha value is -1.35. The van der Waals surface area contributed by atoms with Gasteiger partial charge in [-0.15, -0.1) is 12.4 Å². The minimum absolute atomic E-state index is 0. The summed E-state index contributed by atoms with van der Waals surface area (Å²) in [4.78, 5) is 14.4. The zero-order valence-electron chi connectivity index (χ0n) is 14.7. The summed E-state index contributed by atoms with van der Waals surface area (Å²) < 4.78 is 32.7. The summed E-state index contributed by atoms with van der Waals surface area (Å²) in [7, 11) is -2.35. The molecule has 0 aromatic heterocycles. The molecule has 1 aliphatic rings. The number of carbonyl (C=O) groups is 1. The van der Waals surface area contributed by atoms with E-state index in [1.807, 2.05) is 0 Å². The molecular formula is C16H26ClN3O4S. The molecule has 0 aliphatic carbocycles. The number of amides is 1. The molecule has 9 heteroatoms. The summed E-state index contributed by atoms with van der Waals surface area (Å²) in [5.41, 5.74) is 0.349. The Bertz CT molecular complexity index is 687. The van der Waals surface area contributed by atoms with Crippen LogP contribution in [0.15, 0.2) is 23.1 Å². The average molecular weight is 392 g/mol. The van der Waals surface area contributed by atoms with Gasteiger partial charge in [0.1, 0.15) is 10.6 Å². The number of methoxy groups -OCH3 is 1. The Labute approximate surface area is 155 Å². The van der Waals surface area contributed by atoms with Gasteiger partial charge in [0.2, 0.25) is 10.0 Å². The van der Waals surface area contributed by atoms with Gasteiger partial charge in [0.15, 0.2) is 0 Å². The van der Waals surface area contributed by atoms with Gasteiger partial charge in [0, 0.05) is 31.2 Å². The first-order chi connectivity index (χ1) is 11.3. The van der Waals surface area contributed by atoms with Gasteiger partial charge in [-0.2, -0.15) is 0 Å². The van der Waals surface area contributed by atoms with Crippen molar-refractivity contribution in [1.82, 2.24) is 14.9 Å². The van der Waals surface area contributed by atoms with E-state index in [0.29, 0.717) is 18.7 Å². The number of hydrogen-bond acceptors (Lipinski definition) is 5. The first-order valence-corrected chi connectivity index (χ1v) is 9.54. The van der Waals surface area contributed by atoms with E-state index in [-0.39, 0.29) is 35.0 Å². The van der Waals surface area contributed by atoms with Crippen LogP contribution in [0.25, 0.3) is 0 Å². The molecule has 142 valence electrons. The summed E-state index contributed by atoms with van der Waals surface area (Å²) in [5.74, 6) is 0.0552. The lowest BCUT2D eigenvalue weighted by Gasteiger charge is -2.21. The van der Waals surface area contributed by atoms with Gasteiger partial charge in [-0.05, 0) is 45.0 Å². The lowest BCUT2D eigenvalue weighted by Crippen LogP contribution is -2.34. The first kappa shape index (κ1) is 21.7. The third-order valence-electron chi connectivity index (χ3n) is 3.72. The van der Waals surface area contributed by atoms with Crippen molar-refractivity contribution in [3.05, 3.63) is 23.8 Å². The SMILES string of the molecule is COc1ccc(C(=O)N2CCCNCC2)cc1S(=O)(=O)NC(C)C.Cl. The zero-order chi connectivity index (χ0) is 17.7. The van der Waals surface area contributed by atoms with E-state index in [2.05, 4.69) is 10.0 Å². The van der Waals surface area contributed by atoms with Crippen LogP contribution in [0.1, 0.15) is 30.6 Å². The number of halogens is 1. The molecule has 0 radical (unpaired) electrons. The normalized spacial score (nSPS) is 15.4. The van der Waals surface area contributed by atoms with Crippen LogP contribution in [0.3, 0.4) is 0 Å². The fourth-order valence-electron chi connectivity index (χ4n) is 2.62. The van der Waals surface area contributed by atoms with Crippen LogP contribution in [-0.2, 0) is 10.0 Å². The van der Waals surface area contributed by atoms with Crippen molar-refractivity contribution in [3.63, 3.8) is 0 Å². The number of carbonyl (C=O) groups excluding carboxylic acids is 1. The van der Waals surface area contributed by atoms with Crippen molar-refractivity contribution in [3.8, 4) is 5.75 Å². The van der Waals surface area contributed by atoms with Crippen molar-refractivity contribution in [2.75, 3.05) is 33.3 Å². The Kier molecular flexibility index (Phi) is 8.14. The van der Waals surface area contributed by atoms with Crippen LogP contribution < -0.4 is 14.8 Å². The number of nitrogens with one attached hydrogen (secondary N) is 2. The Morgan fingerprint density at radius 1 is 1.28 bits per heavy atom. The van der Waals surface area contributed by atoms with Crippen LogP contribution in [0, 0.1) is 0 Å². The fourth-order valence-corrected chi connectivity index (χ4v) is 4.07. The minimum Gasteiger partial charge on any atom is -0.495 e. The van der Waals surface area contributed by atoms with E-state index >= 15 is 0 Å². The van der Waals surface area contributed by atoms with E-state index in [4.69, 9.17) is 4.74 Å². The molecule has 1 fully saturated rings. The highest BCUT2D eigenvalue weighted by atomic mass is 35.5. The molecule has 7 nitrogen and oxygen atoms in total. The van der Waals surface area contributed by atoms with E-state index in [1.54, 1.807) is 24.8 Å². The third-order valence-corrected chi connectivity index (χ3v) is 5.40. The summed E-state index contributed by atoms with van der Waals surface area (Å²) in [6.07, 6.45) is 0.877. The molecule has 2 rings (SSSR count). The van der Waals surface area contributed by atoms with Crippen LogP contribution >= 0.6 is 12.4 Å². The Morgan fingerprint density at radius 2 is 2.00 bits per heavy atom. The summed E-state index contributed by atoms with van der Waals surface area (Å²) in [6.45, 7) is 6.36. The molecule has 0 atom stereocenters. The molecule has 2 N–H and O–H groups in total. The molecule has 1 aliphatic heterocycles. The average Bonchev–Trinajstić information content (AvgIpc) is 2.81. The maximum absolute atomic E-state index is 12.7. The largest absolute Gasteiger partial charge is 0.495 e. The number of hydrogen-bond donors (Lipinski definition) is 2. The summed E-state index contributed by atoms with van der Waals surface area (Å²) in [6, 6.07) is 4.27. The van der Waals surface area contributed by atoms with Gasteiger partial charge in [-0.3, -0.25) is 4.79 Å². The molecule has 0 unspecified atom stereocenters. The number of rotatable bonds is 5. The van der Waals surface area contributed by atoms with Crippen LogP contribution in [-0.4, -0.2) is 58.6 Å². The fraction of sp³-hybridized carbons (Fsp3) is 0.562. The number of ether oxygens (including phenoxy) is 1. The maximum Gasteiger partial charge on any atom is 0.253 e. The van der Waals surface area contributed by atoms with Crippen LogP contribution in [0.2, 0.25) is 0 Å². The van der Waals surface area contributed by atoms with Gasteiger partial charge in [-0.25, -0.2) is 13.1 Å². The van der Waals surface area contributed by atoms with E-state index in [1.165, 1.54) is 19.2 Å². The van der Waals surface area contributed by atoms with Crippen molar-refractivity contribution < 1.29 is 17.9 Å². The minimum atomic E-state index is -3.75. The molecule has 0 bridgehead atoms. The predicted molar refractivity (Wildman–Crippen MR) is 99.1 cm³/mol. The number of nitrogens with zero attached hydrogens (tertiary/aromatic N) is 1. The zero-order valence-corrected chi connectivity index (χ0v) is 16.4. The lowest BCUT2D eigenvalue weighted by molar-refractivity contribution is 0.0766. The third kappa shape index (κ3) is 5.57. The molecule has 1 aromatic carbocycles. The van der Waals surface area contributed by atoms with Gasteiger partial charge < -0.3 is 15.0 Å². The quantitative estimate of drug-likeness (QED) is 0.788. The molecule has 1 amide bonds. The Balaban J connectivity index is 0.00000312. The van der Waals surface area contributed by atoms with Crippen LogP contribution in [0.4, 0.5) is 0 Å². The number of benzene rings is 1. The molecule has 1 aromatic rings. The second-order valence-electron chi connectivity index (χ2n) is 6.04. The molecule has 0 spiro atoms. The van der Waals surface area contributed by atoms with E-state index in [9.17, 15) is 13.2 Å². The van der Waals surface area contributed by atoms with Gasteiger partial charge in [0.05, 0.1) is 7.11 Å². The van der Waals surface area contributed by atoms with Gasteiger partial charge in [-0.1, -0.05) is 0 Å². The highest BCUT2D eigenvalue weighted by Gasteiger charge is 2.24. The topological polar surface area (TPSA) is 87.7 Å².